The highest BCUT2D eigenvalue weighted by atomic mass is 16.5. The number of ether oxygens (including phenoxy) is 1. The van der Waals surface area contributed by atoms with E-state index < -0.39 is 0 Å². The molecule has 0 atom stereocenters. The highest BCUT2D eigenvalue weighted by Gasteiger charge is 2.10. The number of nitrogens with zero attached hydrogens (tertiary/aromatic N) is 3. The molecule has 0 aliphatic heterocycles. The zero-order valence-corrected chi connectivity index (χ0v) is 15.0. The van der Waals surface area contributed by atoms with E-state index in [4.69, 9.17) is 4.74 Å². The molecule has 26 heavy (non-hydrogen) atoms. The summed E-state index contributed by atoms with van der Waals surface area (Å²) in [4.78, 5) is 16.7. The summed E-state index contributed by atoms with van der Waals surface area (Å²) in [6, 6.07) is 10.3. The Bertz CT molecular complexity index is 1050. The third-order valence-electron chi connectivity index (χ3n) is 4.13. The second-order valence-corrected chi connectivity index (χ2v) is 6.59. The number of aromatic amines is 1. The van der Waals surface area contributed by atoms with E-state index in [0.29, 0.717) is 5.88 Å². The van der Waals surface area contributed by atoms with Crippen LogP contribution in [0.2, 0.25) is 0 Å². The zero-order valence-electron chi connectivity index (χ0n) is 15.0. The molecule has 3 heterocycles. The van der Waals surface area contributed by atoms with E-state index in [9.17, 15) is 0 Å². The van der Waals surface area contributed by atoms with Crippen LogP contribution in [0.5, 0.6) is 5.88 Å². The molecular formula is C21H20N4O. The lowest BCUT2D eigenvalue weighted by Crippen LogP contribution is -2.07. The lowest BCUT2D eigenvalue weighted by atomic mass is 10.0. The third-order valence-corrected chi connectivity index (χ3v) is 4.13. The molecule has 5 nitrogen and oxygen atoms in total. The predicted octanol–water partition coefficient (Wildman–Crippen LogP) is 4.78. The van der Waals surface area contributed by atoms with E-state index in [1.807, 2.05) is 45.3 Å². The molecule has 4 rings (SSSR count). The van der Waals surface area contributed by atoms with Crippen LogP contribution in [0.3, 0.4) is 0 Å². The Kier molecular flexibility index (Phi) is 4.13. The van der Waals surface area contributed by atoms with Gasteiger partial charge in [0.05, 0.1) is 29.9 Å². The number of nitrogens with one attached hydrogen (secondary N) is 1. The number of hydrogen-bond acceptors (Lipinski definition) is 4. The summed E-state index contributed by atoms with van der Waals surface area (Å²) < 4.78 is 5.66. The smallest absolute Gasteiger partial charge is 0.233 e. The number of aryl methyl sites for hydroxylation is 1. The van der Waals surface area contributed by atoms with Crippen molar-refractivity contribution in [3.63, 3.8) is 0 Å². The summed E-state index contributed by atoms with van der Waals surface area (Å²) in [7, 11) is 0. The maximum Gasteiger partial charge on any atom is 0.233 e. The summed E-state index contributed by atoms with van der Waals surface area (Å²) in [6.45, 7) is 5.98. The Morgan fingerprint density at radius 3 is 2.65 bits per heavy atom. The molecule has 0 aliphatic carbocycles. The van der Waals surface area contributed by atoms with Gasteiger partial charge in [0.25, 0.3) is 0 Å². The summed E-state index contributed by atoms with van der Waals surface area (Å²) >= 11 is 0. The van der Waals surface area contributed by atoms with Gasteiger partial charge in [0.1, 0.15) is 0 Å². The summed E-state index contributed by atoms with van der Waals surface area (Å²) in [5, 5.41) is 1.11. The first-order valence-electron chi connectivity index (χ1n) is 8.63. The first-order chi connectivity index (χ1) is 12.6. The second kappa shape index (κ2) is 6.59. The average Bonchev–Trinajstić information content (AvgIpc) is 3.05. The Morgan fingerprint density at radius 1 is 1.00 bits per heavy atom. The minimum absolute atomic E-state index is 0.0610. The van der Waals surface area contributed by atoms with Gasteiger partial charge in [0.15, 0.2) is 0 Å². The lowest BCUT2D eigenvalue weighted by Gasteiger charge is -2.09. The fourth-order valence-electron chi connectivity index (χ4n) is 2.90. The van der Waals surface area contributed by atoms with Crippen molar-refractivity contribution in [3.8, 4) is 28.4 Å². The van der Waals surface area contributed by atoms with E-state index in [2.05, 4.69) is 38.1 Å². The van der Waals surface area contributed by atoms with Crippen LogP contribution in [0, 0.1) is 6.92 Å². The third kappa shape index (κ3) is 3.16. The zero-order chi connectivity index (χ0) is 18.1. The molecule has 1 aromatic carbocycles. The van der Waals surface area contributed by atoms with E-state index in [-0.39, 0.29) is 6.10 Å². The Hall–Kier alpha value is -3.21. The maximum atomic E-state index is 5.66. The second-order valence-electron chi connectivity index (χ2n) is 6.59. The quantitative estimate of drug-likeness (QED) is 0.578. The maximum absolute atomic E-state index is 5.66. The number of benzene rings is 1. The van der Waals surface area contributed by atoms with Gasteiger partial charge >= 0.3 is 0 Å². The average molecular weight is 344 g/mol. The van der Waals surface area contributed by atoms with Crippen LogP contribution in [0.4, 0.5) is 0 Å². The highest BCUT2D eigenvalue weighted by molar-refractivity contribution is 5.96. The van der Waals surface area contributed by atoms with Gasteiger partial charge < -0.3 is 9.72 Å². The minimum atomic E-state index is 0.0610. The van der Waals surface area contributed by atoms with Crippen molar-refractivity contribution in [1.29, 1.82) is 0 Å². The Labute approximate surface area is 152 Å². The highest BCUT2D eigenvalue weighted by Crippen LogP contribution is 2.31. The topological polar surface area (TPSA) is 63.7 Å². The number of H-pyrrole nitrogens is 1. The van der Waals surface area contributed by atoms with Crippen molar-refractivity contribution in [2.45, 2.75) is 26.9 Å². The van der Waals surface area contributed by atoms with Gasteiger partial charge in [0.2, 0.25) is 5.88 Å². The Balaban J connectivity index is 1.78. The van der Waals surface area contributed by atoms with E-state index in [1.54, 1.807) is 12.4 Å². The largest absolute Gasteiger partial charge is 0.474 e. The van der Waals surface area contributed by atoms with Gasteiger partial charge in [-0.2, -0.15) is 0 Å². The molecule has 3 aromatic heterocycles. The molecule has 0 aliphatic rings. The van der Waals surface area contributed by atoms with Crippen LogP contribution < -0.4 is 4.74 Å². The van der Waals surface area contributed by atoms with Gasteiger partial charge in [-0.3, -0.25) is 9.97 Å². The van der Waals surface area contributed by atoms with E-state index in [0.717, 1.165) is 39.0 Å². The summed E-state index contributed by atoms with van der Waals surface area (Å²) in [6.07, 6.45) is 7.34. The molecule has 0 fully saturated rings. The first-order valence-corrected chi connectivity index (χ1v) is 8.63. The molecule has 130 valence electrons. The molecule has 0 amide bonds. The van der Waals surface area contributed by atoms with E-state index >= 15 is 0 Å². The standard InChI is InChI=1S/C21H20N4O/c1-13(2)26-21-12-22-11-20(25-21)15-5-7-18-16(8-15)17(10-24-18)19-6-4-14(3)9-23-19/h4-13,24H,1-3H3. The fourth-order valence-corrected chi connectivity index (χ4v) is 2.90. The van der Waals surface area contributed by atoms with Crippen molar-refractivity contribution in [2.24, 2.45) is 0 Å². The molecule has 4 aromatic rings. The molecule has 0 radical (unpaired) electrons. The van der Waals surface area contributed by atoms with Crippen molar-refractivity contribution in [1.82, 2.24) is 19.9 Å². The van der Waals surface area contributed by atoms with Crippen molar-refractivity contribution >= 4 is 10.9 Å². The number of aromatic nitrogens is 4. The van der Waals surface area contributed by atoms with Crippen LogP contribution in [0.25, 0.3) is 33.4 Å². The number of fused-ring (bicyclic) bond motifs is 1. The molecule has 0 spiro atoms. The SMILES string of the molecule is Cc1ccc(-c2c[nH]c3ccc(-c4cncc(OC(C)C)n4)cc23)nc1. The van der Waals surface area contributed by atoms with Gasteiger partial charge in [-0.15, -0.1) is 0 Å². The summed E-state index contributed by atoms with van der Waals surface area (Å²) in [5.74, 6) is 0.534. The molecule has 0 saturated heterocycles. The molecule has 5 heteroatoms. The van der Waals surface area contributed by atoms with Gasteiger partial charge in [-0.25, -0.2) is 4.98 Å². The van der Waals surface area contributed by atoms with Gasteiger partial charge in [-0.1, -0.05) is 12.1 Å². The van der Waals surface area contributed by atoms with Crippen LogP contribution in [0.15, 0.2) is 55.1 Å². The molecular weight excluding hydrogens is 324 g/mol. The lowest BCUT2D eigenvalue weighted by molar-refractivity contribution is 0.232. The Morgan fingerprint density at radius 2 is 1.88 bits per heavy atom. The van der Waals surface area contributed by atoms with Crippen LogP contribution in [0.1, 0.15) is 19.4 Å². The summed E-state index contributed by atoms with van der Waals surface area (Å²) in [5.41, 5.74) is 6.01. The molecule has 0 bridgehead atoms. The number of rotatable bonds is 4. The van der Waals surface area contributed by atoms with Crippen molar-refractivity contribution in [2.75, 3.05) is 0 Å². The predicted molar refractivity (Wildman–Crippen MR) is 103 cm³/mol. The van der Waals surface area contributed by atoms with Gasteiger partial charge in [-0.05, 0) is 44.5 Å². The number of pyridine rings is 1. The minimum Gasteiger partial charge on any atom is -0.474 e. The fraction of sp³-hybridized carbons (Fsp3) is 0.190. The van der Waals surface area contributed by atoms with E-state index in [1.165, 1.54) is 0 Å². The molecule has 0 saturated carbocycles. The van der Waals surface area contributed by atoms with Gasteiger partial charge in [0, 0.05) is 34.4 Å². The first kappa shape index (κ1) is 16.3. The molecule has 1 N–H and O–H groups in total. The van der Waals surface area contributed by atoms with Crippen molar-refractivity contribution in [3.05, 3.63) is 60.7 Å². The molecule has 0 unspecified atom stereocenters. The van der Waals surface area contributed by atoms with Crippen LogP contribution in [-0.4, -0.2) is 26.0 Å². The number of hydrogen-bond donors (Lipinski definition) is 1. The van der Waals surface area contributed by atoms with Crippen molar-refractivity contribution < 1.29 is 4.74 Å². The monoisotopic (exact) mass is 344 g/mol. The van der Waals surface area contributed by atoms with Crippen LogP contribution >= 0.6 is 0 Å². The van der Waals surface area contributed by atoms with Crippen LogP contribution in [-0.2, 0) is 0 Å². The normalized spacial score (nSPS) is 11.2.